The first-order valence-corrected chi connectivity index (χ1v) is 6.95. The second-order valence-electron chi connectivity index (χ2n) is 6.41. The fraction of sp³-hybridized carbons (Fsp3) is 0.562. The van der Waals surface area contributed by atoms with Crippen molar-refractivity contribution < 1.29 is 9.90 Å². The van der Waals surface area contributed by atoms with Gasteiger partial charge in [-0.25, -0.2) is 0 Å². The molecule has 19 heavy (non-hydrogen) atoms. The molecule has 1 aliphatic rings. The second-order valence-corrected chi connectivity index (χ2v) is 6.41. The number of benzene rings is 1. The highest BCUT2D eigenvalue weighted by Gasteiger charge is 2.31. The van der Waals surface area contributed by atoms with E-state index in [1.165, 1.54) is 11.1 Å². The molecule has 2 rings (SSSR count). The van der Waals surface area contributed by atoms with E-state index in [1.54, 1.807) is 0 Å². The molecule has 0 spiro atoms. The van der Waals surface area contributed by atoms with Crippen LogP contribution in [0.2, 0.25) is 0 Å². The van der Waals surface area contributed by atoms with Crippen LogP contribution in [-0.4, -0.2) is 17.1 Å². The first-order valence-electron chi connectivity index (χ1n) is 6.95. The van der Waals surface area contributed by atoms with Crippen LogP contribution in [-0.2, 0) is 16.6 Å². The number of nitrogens with one attached hydrogen (secondary N) is 1. The fourth-order valence-electron chi connectivity index (χ4n) is 2.63. The lowest BCUT2D eigenvalue weighted by Crippen LogP contribution is -2.42. The van der Waals surface area contributed by atoms with E-state index in [9.17, 15) is 9.90 Å². The van der Waals surface area contributed by atoms with E-state index in [0.717, 1.165) is 18.4 Å². The molecule has 1 aliphatic heterocycles. The summed E-state index contributed by atoms with van der Waals surface area (Å²) >= 11 is 0. The van der Waals surface area contributed by atoms with Gasteiger partial charge in [0.05, 0.1) is 0 Å². The fourth-order valence-corrected chi connectivity index (χ4v) is 2.63. The first-order chi connectivity index (χ1) is 8.82. The van der Waals surface area contributed by atoms with Crippen molar-refractivity contribution in [2.45, 2.75) is 58.0 Å². The highest BCUT2D eigenvalue weighted by Crippen LogP contribution is 2.31. The number of rotatable bonds is 2. The van der Waals surface area contributed by atoms with Crippen LogP contribution in [0, 0.1) is 0 Å². The predicted molar refractivity (Wildman–Crippen MR) is 76.4 cm³/mol. The number of hydrogen-bond donors (Lipinski definition) is 2. The number of hydrogen-bond acceptors (Lipinski definition) is 2. The number of carbonyl (C=O) groups is 1. The Morgan fingerprint density at radius 2 is 2.11 bits per heavy atom. The van der Waals surface area contributed by atoms with Crippen molar-refractivity contribution in [2.75, 3.05) is 0 Å². The molecule has 1 aromatic carbocycles. The van der Waals surface area contributed by atoms with Crippen LogP contribution >= 0.6 is 0 Å². The quantitative estimate of drug-likeness (QED) is 0.860. The minimum Gasteiger partial charge on any atom is -0.480 e. The molecule has 0 amide bonds. The van der Waals surface area contributed by atoms with E-state index in [0.29, 0.717) is 0 Å². The molecule has 1 aromatic rings. The maximum absolute atomic E-state index is 11.5. The zero-order chi connectivity index (χ0) is 14.2. The van der Waals surface area contributed by atoms with Gasteiger partial charge >= 0.3 is 5.97 Å². The van der Waals surface area contributed by atoms with Crippen molar-refractivity contribution in [1.82, 2.24) is 5.32 Å². The summed E-state index contributed by atoms with van der Waals surface area (Å²) in [7, 11) is 0. The summed E-state index contributed by atoms with van der Waals surface area (Å²) in [5, 5.41) is 12.7. The van der Waals surface area contributed by atoms with Crippen LogP contribution in [0.5, 0.6) is 0 Å². The predicted octanol–water partition coefficient (Wildman–Crippen LogP) is 3.03. The lowest BCUT2D eigenvalue weighted by Gasteiger charge is -2.32. The molecule has 2 atom stereocenters. The van der Waals surface area contributed by atoms with Gasteiger partial charge in [-0.2, -0.15) is 0 Å². The lowest BCUT2D eigenvalue weighted by molar-refractivity contribution is -0.140. The zero-order valence-corrected chi connectivity index (χ0v) is 12.2. The van der Waals surface area contributed by atoms with Crippen molar-refractivity contribution in [3.8, 4) is 0 Å². The third-order valence-electron chi connectivity index (χ3n) is 3.93. The van der Waals surface area contributed by atoms with Crippen molar-refractivity contribution in [2.24, 2.45) is 0 Å². The molecule has 0 radical (unpaired) electrons. The van der Waals surface area contributed by atoms with E-state index < -0.39 is 12.0 Å². The topological polar surface area (TPSA) is 49.3 Å². The summed E-state index contributed by atoms with van der Waals surface area (Å²) in [6.45, 7) is 8.53. The molecule has 2 unspecified atom stereocenters. The third kappa shape index (κ3) is 2.81. The first kappa shape index (κ1) is 14.1. The summed E-state index contributed by atoms with van der Waals surface area (Å²) in [4.78, 5) is 11.5. The van der Waals surface area contributed by atoms with Crippen molar-refractivity contribution in [1.29, 1.82) is 0 Å². The highest BCUT2D eigenvalue weighted by molar-refractivity contribution is 5.77. The van der Waals surface area contributed by atoms with Gasteiger partial charge in [0, 0.05) is 6.04 Å². The van der Waals surface area contributed by atoms with Crippen LogP contribution in [0.25, 0.3) is 0 Å². The molecule has 0 saturated heterocycles. The summed E-state index contributed by atoms with van der Waals surface area (Å²) in [5.41, 5.74) is 3.34. The van der Waals surface area contributed by atoms with Crippen LogP contribution in [0.3, 0.4) is 0 Å². The van der Waals surface area contributed by atoms with Gasteiger partial charge in [-0.3, -0.25) is 10.1 Å². The third-order valence-corrected chi connectivity index (χ3v) is 3.93. The minimum atomic E-state index is -0.787. The number of carboxylic acid groups (broad SMARTS) is 1. The van der Waals surface area contributed by atoms with Crippen molar-refractivity contribution >= 4 is 5.97 Å². The average molecular weight is 261 g/mol. The molecule has 0 saturated carbocycles. The zero-order valence-electron chi connectivity index (χ0n) is 12.2. The van der Waals surface area contributed by atoms with Gasteiger partial charge in [-0.1, -0.05) is 45.9 Å². The Kier molecular flexibility index (Phi) is 3.68. The van der Waals surface area contributed by atoms with Crippen LogP contribution in [0.1, 0.15) is 56.8 Å². The van der Waals surface area contributed by atoms with Crippen molar-refractivity contribution in [3.05, 3.63) is 34.9 Å². The van der Waals surface area contributed by atoms with Gasteiger partial charge < -0.3 is 5.11 Å². The van der Waals surface area contributed by atoms with E-state index >= 15 is 0 Å². The Balaban J connectivity index is 2.46. The maximum atomic E-state index is 11.5. The molecule has 1 heterocycles. The Bertz CT molecular complexity index is 488. The second kappa shape index (κ2) is 4.97. The molecule has 0 fully saturated rings. The maximum Gasteiger partial charge on any atom is 0.325 e. The molecule has 3 nitrogen and oxygen atoms in total. The Labute approximate surface area is 115 Å². The summed E-state index contributed by atoms with van der Waals surface area (Å²) in [6.07, 6.45) is 1.87. The van der Waals surface area contributed by atoms with Crippen molar-refractivity contribution in [3.63, 3.8) is 0 Å². The number of carboxylic acids is 1. The number of aliphatic carboxylic acids is 1. The van der Waals surface area contributed by atoms with E-state index in [4.69, 9.17) is 0 Å². The molecule has 0 aliphatic carbocycles. The molecule has 104 valence electrons. The molecule has 0 aromatic heterocycles. The van der Waals surface area contributed by atoms with Crippen LogP contribution in [0.4, 0.5) is 0 Å². The highest BCUT2D eigenvalue weighted by atomic mass is 16.4. The summed E-state index contributed by atoms with van der Waals surface area (Å²) in [6, 6.07) is 5.99. The lowest BCUT2D eigenvalue weighted by atomic mass is 9.81. The smallest absolute Gasteiger partial charge is 0.325 e. The molecule has 0 bridgehead atoms. The molecule has 2 N–H and O–H groups in total. The normalized spacial score (nSPS) is 22.9. The molecule has 3 heteroatoms. The minimum absolute atomic E-state index is 0.0414. The summed E-state index contributed by atoms with van der Waals surface area (Å²) < 4.78 is 0. The van der Waals surface area contributed by atoms with Gasteiger partial charge in [0.15, 0.2) is 0 Å². The standard InChI is InChI=1S/C16H23NO2/c1-5-12-8-10-6-7-11(16(2,3)4)9-13(10)14(17-12)15(18)19/h6-7,9,12,14,17H,5,8H2,1-4H3,(H,18,19). The average Bonchev–Trinajstić information content (AvgIpc) is 2.35. The largest absolute Gasteiger partial charge is 0.480 e. The molecular weight excluding hydrogens is 238 g/mol. The van der Waals surface area contributed by atoms with Crippen LogP contribution < -0.4 is 5.32 Å². The SMILES string of the molecule is CCC1Cc2ccc(C(C)(C)C)cc2C(C(=O)O)N1. The van der Waals surface area contributed by atoms with E-state index in [-0.39, 0.29) is 11.5 Å². The summed E-state index contributed by atoms with van der Waals surface area (Å²) in [5.74, 6) is -0.787. The monoisotopic (exact) mass is 261 g/mol. The van der Waals surface area contributed by atoms with E-state index in [2.05, 4.69) is 51.2 Å². The molecular formula is C16H23NO2. The van der Waals surface area contributed by atoms with Gasteiger partial charge in [-0.05, 0) is 34.9 Å². The Morgan fingerprint density at radius 3 is 2.63 bits per heavy atom. The van der Waals surface area contributed by atoms with Gasteiger partial charge in [0.1, 0.15) is 6.04 Å². The Hall–Kier alpha value is -1.35. The van der Waals surface area contributed by atoms with Gasteiger partial charge in [-0.15, -0.1) is 0 Å². The van der Waals surface area contributed by atoms with Gasteiger partial charge in [0.2, 0.25) is 0 Å². The van der Waals surface area contributed by atoms with E-state index in [1.807, 2.05) is 0 Å². The van der Waals surface area contributed by atoms with Gasteiger partial charge in [0.25, 0.3) is 0 Å². The van der Waals surface area contributed by atoms with Crippen LogP contribution in [0.15, 0.2) is 18.2 Å². The Morgan fingerprint density at radius 1 is 1.42 bits per heavy atom. The number of fused-ring (bicyclic) bond motifs is 1.